The van der Waals surface area contributed by atoms with Gasteiger partial charge in [0.25, 0.3) is 0 Å². The standard InChI is InChI=1S/C10H20N2O3/c1-2-8(6-13)12-10(14)5-9-7-15-4-3-11-9/h8-9,11,13H,2-7H2,1H3,(H,12,14). The zero-order valence-electron chi connectivity index (χ0n) is 9.16. The lowest BCUT2D eigenvalue weighted by Gasteiger charge is -2.24. The van der Waals surface area contributed by atoms with Crippen LogP contribution >= 0.6 is 0 Å². The summed E-state index contributed by atoms with van der Waals surface area (Å²) in [7, 11) is 0. The molecule has 5 nitrogen and oxygen atoms in total. The SMILES string of the molecule is CCC(CO)NC(=O)CC1COCCN1. The van der Waals surface area contributed by atoms with Gasteiger partial charge in [0.05, 0.1) is 25.9 Å². The van der Waals surface area contributed by atoms with E-state index in [9.17, 15) is 4.79 Å². The molecule has 1 aliphatic heterocycles. The summed E-state index contributed by atoms with van der Waals surface area (Å²) in [4.78, 5) is 11.5. The van der Waals surface area contributed by atoms with Gasteiger partial charge in [-0.25, -0.2) is 0 Å². The highest BCUT2D eigenvalue weighted by Crippen LogP contribution is 1.99. The summed E-state index contributed by atoms with van der Waals surface area (Å²) in [5.41, 5.74) is 0. The van der Waals surface area contributed by atoms with Gasteiger partial charge in [-0.3, -0.25) is 4.79 Å². The van der Waals surface area contributed by atoms with E-state index in [1.165, 1.54) is 0 Å². The van der Waals surface area contributed by atoms with Crippen LogP contribution in [-0.4, -0.2) is 49.5 Å². The van der Waals surface area contributed by atoms with E-state index in [2.05, 4.69) is 10.6 Å². The van der Waals surface area contributed by atoms with Crippen LogP contribution in [0.4, 0.5) is 0 Å². The lowest BCUT2D eigenvalue weighted by atomic mass is 10.1. The van der Waals surface area contributed by atoms with Gasteiger partial charge < -0.3 is 20.5 Å². The molecule has 1 fully saturated rings. The minimum atomic E-state index is -0.123. The quantitative estimate of drug-likeness (QED) is 0.565. The number of carbonyl (C=O) groups excluding carboxylic acids is 1. The maximum atomic E-state index is 11.5. The highest BCUT2D eigenvalue weighted by atomic mass is 16.5. The van der Waals surface area contributed by atoms with E-state index in [-0.39, 0.29) is 24.6 Å². The first-order chi connectivity index (χ1) is 7.26. The molecular weight excluding hydrogens is 196 g/mol. The first kappa shape index (κ1) is 12.4. The lowest BCUT2D eigenvalue weighted by molar-refractivity contribution is -0.123. The molecule has 15 heavy (non-hydrogen) atoms. The summed E-state index contributed by atoms with van der Waals surface area (Å²) < 4.78 is 5.25. The molecule has 1 amide bonds. The normalized spacial score (nSPS) is 23.5. The topological polar surface area (TPSA) is 70.6 Å². The number of amides is 1. The molecule has 0 aromatic carbocycles. The molecule has 1 rings (SSSR count). The first-order valence-corrected chi connectivity index (χ1v) is 5.47. The van der Waals surface area contributed by atoms with Crippen molar-refractivity contribution in [3.63, 3.8) is 0 Å². The van der Waals surface area contributed by atoms with Crippen LogP contribution in [0.3, 0.4) is 0 Å². The minimum Gasteiger partial charge on any atom is -0.394 e. The van der Waals surface area contributed by atoms with Crippen LogP contribution in [0.15, 0.2) is 0 Å². The number of rotatable bonds is 5. The van der Waals surface area contributed by atoms with Crippen LogP contribution in [0.5, 0.6) is 0 Å². The van der Waals surface area contributed by atoms with Gasteiger partial charge in [0.2, 0.25) is 5.91 Å². The van der Waals surface area contributed by atoms with Gasteiger partial charge >= 0.3 is 0 Å². The van der Waals surface area contributed by atoms with Gasteiger partial charge in [-0.15, -0.1) is 0 Å². The fourth-order valence-corrected chi connectivity index (χ4v) is 1.54. The third-order valence-electron chi connectivity index (χ3n) is 2.51. The fourth-order valence-electron chi connectivity index (χ4n) is 1.54. The zero-order valence-corrected chi connectivity index (χ0v) is 9.16. The van der Waals surface area contributed by atoms with Crippen molar-refractivity contribution in [1.82, 2.24) is 10.6 Å². The summed E-state index contributed by atoms with van der Waals surface area (Å²) in [5.74, 6) is -0.0288. The number of hydrogen-bond donors (Lipinski definition) is 3. The van der Waals surface area contributed by atoms with Gasteiger partial charge in [-0.2, -0.15) is 0 Å². The van der Waals surface area contributed by atoms with Crippen molar-refractivity contribution in [3.05, 3.63) is 0 Å². The molecule has 1 heterocycles. The highest BCUT2D eigenvalue weighted by molar-refractivity contribution is 5.76. The molecule has 2 atom stereocenters. The number of carbonyl (C=O) groups is 1. The number of aliphatic hydroxyl groups is 1. The Morgan fingerprint density at radius 3 is 3.07 bits per heavy atom. The van der Waals surface area contributed by atoms with Crippen LogP contribution in [0.2, 0.25) is 0 Å². The maximum Gasteiger partial charge on any atom is 0.221 e. The van der Waals surface area contributed by atoms with Crippen molar-refractivity contribution in [2.24, 2.45) is 0 Å². The third-order valence-corrected chi connectivity index (χ3v) is 2.51. The Morgan fingerprint density at radius 2 is 2.53 bits per heavy atom. The van der Waals surface area contributed by atoms with Crippen LogP contribution in [0.1, 0.15) is 19.8 Å². The van der Waals surface area contributed by atoms with E-state index in [1.54, 1.807) is 0 Å². The molecule has 0 aromatic heterocycles. The minimum absolute atomic E-state index is 0.00314. The second-order valence-electron chi connectivity index (χ2n) is 3.79. The highest BCUT2D eigenvalue weighted by Gasteiger charge is 2.18. The molecule has 1 saturated heterocycles. The number of aliphatic hydroxyl groups excluding tert-OH is 1. The van der Waals surface area contributed by atoms with E-state index < -0.39 is 0 Å². The molecule has 3 N–H and O–H groups in total. The Kier molecular flexibility index (Phi) is 5.60. The van der Waals surface area contributed by atoms with E-state index in [0.717, 1.165) is 13.0 Å². The summed E-state index contributed by atoms with van der Waals surface area (Å²) in [6.07, 6.45) is 1.16. The molecular formula is C10H20N2O3. The molecule has 88 valence electrons. The number of hydrogen-bond acceptors (Lipinski definition) is 4. The van der Waals surface area contributed by atoms with E-state index >= 15 is 0 Å². The van der Waals surface area contributed by atoms with E-state index in [0.29, 0.717) is 19.6 Å². The summed E-state index contributed by atoms with van der Waals surface area (Å²) in [5, 5.41) is 14.9. The molecule has 0 aromatic rings. The average molecular weight is 216 g/mol. The second-order valence-corrected chi connectivity index (χ2v) is 3.79. The smallest absolute Gasteiger partial charge is 0.221 e. The van der Waals surface area contributed by atoms with Crippen LogP contribution in [0.25, 0.3) is 0 Å². The van der Waals surface area contributed by atoms with Gasteiger partial charge in [0, 0.05) is 19.0 Å². The average Bonchev–Trinajstić information content (AvgIpc) is 2.27. The van der Waals surface area contributed by atoms with E-state index in [4.69, 9.17) is 9.84 Å². The van der Waals surface area contributed by atoms with Crippen molar-refractivity contribution >= 4 is 5.91 Å². The number of morpholine rings is 1. The third kappa shape index (κ3) is 4.59. The monoisotopic (exact) mass is 216 g/mol. The van der Waals surface area contributed by atoms with Crippen molar-refractivity contribution in [2.45, 2.75) is 31.8 Å². The van der Waals surface area contributed by atoms with Crippen LogP contribution < -0.4 is 10.6 Å². The fraction of sp³-hybridized carbons (Fsp3) is 0.900. The van der Waals surface area contributed by atoms with Gasteiger partial charge in [0.1, 0.15) is 0 Å². The Hall–Kier alpha value is -0.650. The molecule has 0 bridgehead atoms. The zero-order chi connectivity index (χ0) is 11.1. The molecule has 2 unspecified atom stereocenters. The maximum absolute atomic E-state index is 11.5. The Morgan fingerprint density at radius 1 is 1.73 bits per heavy atom. The van der Waals surface area contributed by atoms with Gasteiger partial charge in [0.15, 0.2) is 0 Å². The summed E-state index contributed by atoms with van der Waals surface area (Å²) in [6, 6.07) is -0.0167. The number of nitrogens with one attached hydrogen (secondary N) is 2. The first-order valence-electron chi connectivity index (χ1n) is 5.47. The molecule has 0 spiro atoms. The predicted molar refractivity (Wildman–Crippen MR) is 56.5 cm³/mol. The van der Waals surface area contributed by atoms with Crippen LogP contribution in [0, 0.1) is 0 Å². The van der Waals surface area contributed by atoms with Gasteiger partial charge in [-0.05, 0) is 6.42 Å². The van der Waals surface area contributed by atoms with Crippen molar-refractivity contribution in [2.75, 3.05) is 26.4 Å². The van der Waals surface area contributed by atoms with E-state index in [1.807, 2.05) is 6.92 Å². The Balaban J connectivity index is 2.21. The molecule has 0 saturated carbocycles. The molecule has 5 heteroatoms. The summed E-state index contributed by atoms with van der Waals surface area (Å²) in [6.45, 7) is 4.03. The molecule has 0 radical (unpaired) electrons. The second kappa shape index (κ2) is 6.76. The van der Waals surface area contributed by atoms with Crippen LogP contribution in [-0.2, 0) is 9.53 Å². The van der Waals surface area contributed by atoms with Crippen molar-refractivity contribution in [1.29, 1.82) is 0 Å². The Bertz CT molecular complexity index is 189. The molecule has 1 aliphatic rings. The number of ether oxygens (including phenoxy) is 1. The Labute approximate surface area is 90.2 Å². The predicted octanol–water partition coefficient (Wildman–Crippen LogP) is -0.748. The largest absolute Gasteiger partial charge is 0.394 e. The van der Waals surface area contributed by atoms with Gasteiger partial charge in [-0.1, -0.05) is 6.92 Å². The lowest BCUT2D eigenvalue weighted by Crippen LogP contribution is -2.46. The van der Waals surface area contributed by atoms with Crippen molar-refractivity contribution in [3.8, 4) is 0 Å². The summed E-state index contributed by atoms with van der Waals surface area (Å²) >= 11 is 0. The van der Waals surface area contributed by atoms with Crippen molar-refractivity contribution < 1.29 is 14.6 Å². The molecule has 0 aliphatic carbocycles.